The first kappa shape index (κ1) is 19.7. The quantitative estimate of drug-likeness (QED) is 0.598. The van der Waals surface area contributed by atoms with E-state index in [2.05, 4.69) is 30.6 Å². The monoisotopic (exact) mass is 387 g/mol. The Hall–Kier alpha value is -1.63. The van der Waals surface area contributed by atoms with Crippen LogP contribution in [0.1, 0.15) is 63.0 Å². The molecule has 7 heteroatoms. The van der Waals surface area contributed by atoms with Crippen molar-refractivity contribution in [3.05, 3.63) is 11.6 Å². The van der Waals surface area contributed by atoms with Gasteiger partial charge in [0.1, 0.15) is 11.6 Å². The molecule has 1 aromatic rings. The molecule has 3 aliphatic rings. The first-order chi connectivity index (χ1) is 13.7. The van der Waals surface area contributed by atoms with Crippen molar-refractivity contribution < 1.29 is 0 Å². The van der Waals surface area contributed by atoms with E-state index in [1.807, 2.05) is 18.7 Å². The molecule has 0 radical (unpaired) electrons. The molecule has 0 amide bonds. The lowest BCUT2D eigenvalue weighted by Gasteiger charge is -2.31. The number of rotatable bonds is 5. The summed E-state index contributed by atoms with van der Waals surface area (Å²) in [7, 11) is 1.87. The van der Waals surface area contributed by atoms with Gasteiger partial charge in [-0.1, -0.05) is 19.3 Å². The Kier molecular flexibility index (Phi) is 6.50. The Morgan fingerprint density at radius 1 is 1.14 bits per heavy atom. The van der Waals surface area contributed by atoms with Crippen molar-refractivity contribution in [2.45, 2.75) is 83.3 Å². The molecular weight excluding hydrogens is 350 g/mol. The molecule has 1 aromatic heterocycles. The molecule has 0 bridgehead atoms. The van der Waals surface area contributed by atoms with Crippen LogP contribution in [-0.2, 0) is 13.0 Å². The minimum absolute atomic E-state index is 0.363. The molecule has 3 heterocycles. The zero-order valence-corrected chi connectivity index (χ0v) is 17.7. The molecule has 4 rings (SSSR count). The van der Waals surface area contributed by atoms with Crippen molar-refractivity contribution in [3.63, 3.8) is 0 Å². The third-order valence-electron chi connectivity index (χ3n) is 6.75. The first-order valence-corrected chi connectivity index (χ1v) is 11.3. The van der Waals surface area contributed by atoms with Crippen LogP contribution in [0.3, 0.4) is 0 Å². The number of nitrogens with zero attached hydrogens (tertiary/aromatic N) is 5. The summed E-state index contributed by atoms with van der Waals surface area (Å²) in [6, 6.07) is 1.01. The fourth-order valence-electron chi connectivity index (χ4n) is 5.22. The Morgan fingerprint density at radius 2 is 2.00 bits per heavy atom. The van der Waals surface area contributed by atoms with Gasteiger partial charge >= 0.3 is 0 Å². The Morgan fingerprint density at radius 3 is 2.82 bits per heavy atom. The largest absolute Gasteiger partial charge is 0.355 e. The number of aryl methyl sites for hydroxylation is 2. The Labute approximate surface area is 169 Å². The van der Waals surface area contributed by atoms with E-state index in [1.165, 1.54) is 58.0 Å². The maximum Gasteiger partial charge on any atom is 0.191 e. The number of hydrogen-bond donors (Lipinski definition) is 2. The zero-order valence-electron chi connectivity index (χ0n) is 17.7. The molecule has 28 heavy (non-hydrogen) atoms. The highest BCUT2D eigenvalue weighted by molar-refractivity contribution is 5.80. The van der Waals surface area contributed by atoms with Crippen LogP contribution in [0.5, 0.6) is 0 Å². The van der Waals surface area contributed by atoms with Crippen LogP contribution >= 0.6 is 0 Å². The van der Waals surface area contributed by atoms with Gasteiger partial charge in [0.05, 0.1) is 6.54 Å². The van der Waals surface area contributed by atoms with E-state index >= 15 is 0 Å². The molecule has 156 valence electrons. The minimum atomic E-state index is 0.363. The highest BCUT2D eigenvalue weighted by atomic mass is 15.4. The molecule has 1 saturated carbocycles. The lowest BCUT2D eigenvalue weighted by atomic mass is 9.89. The number of aromatic nitrogens is 3. The second-order valence-corrected chi connectivity index (χ2v) is 8.89. The summed E-state index contributed by atoms with van der Waals surface area (Å²) in [5, 5.41) is 11.7. The number of fused-ring (bicyclic) bond motifs is 1. The van der Waals surface area contributed by atoms with Crippen LogP contribution in [0.2, 0.25) is 0 Å². The van der Waals surface area contributed by atoms with Crippen LogP contribution in [0.4, 0.5) is 0 Å². The minimum Gasteiger partial charge on any atom is -0.355 e. The summed E-state index contributed by atoms with van der Waals surface area (Å²) in [5.74, 6) is 3.84. The van der Waals surface area contributed by atoms with E-state index in [0.29, 0.717) is 12.1 Å². The van der Waals surface area contributed by atoms with E-state index in [4.69, 9.17) is 0 Å². The number of nitrogens with one attached hydrogen (secondary N) is 2. The second-order valence-electron chi connectivity index (χ2n) is 8.89. The normalized spacial score (nSPS) is 27.0. The first-order valence-electron chi connectivity index (χ1n) is 11.3. The van der Waals surface area contributed by atoms with Gasteiger partial charge in [0, 0.05) is 38.6 Å². The predicted octanol–water partition coefficient (Wildman–Crippen LogP) is 2.11. The molecule has 2 atom stereocenters. The standard InChI is InChI=1S/C21H37N7/c1-16-24-20-11-10-18(15-28(20)26-16)25-21(22-2)23-13-19-9-6-12-27(19)14-17-7-4-3-5-8-17/h17-19H,3-15H2,1-2H3,(H2,22,23,25). The van der Waals surface area contributed by atoms with Crippen LogP contribution in [0, 0.1) is 12.8 Å². The van der Waals surface area contributed by atoms with Gasteiger partial charge in [-0.25, -0.2) is 9.67 Å². The van der Waals surface area contributed by atoms with Crippen LogP contribution in [0.25, 0.3) is 0 Å². The summed E-state index contributed by atoms with van der Waals surface area (Å²) in [6.45, 7) is 6.40. The van der Waals surface area contributed by atoms with Crippen molar-refractivity contribution >= 4 is 5.96 Å². The third-order valence-corrected chi connectivity index (χ3v) is 6.75. The maximum absolute atomic E-state index is 4.51. The number of guanidine groups is 1. The van der Waals surface area contributed by atoms with Gasteiger partial charge in [-0.05, 0) is 51.5 Å². The van der Waals surface area contributed by atoms with Gasteiger partial charge in [0.15, 0.2) is 5.96 Å². The predicted molar refractivity (Wildman–Crippen MR) is 113 cm³/mol. The fourth-order valence-corrected chi connectivity index (χ4v) is 5.22. The average molecular weight is 388 g/mol. The molecular formula is C21H37N7. The maximum atomic E-state index is 4.51. The molecule has 0 aromatic carbocycles. The van der Waals surface area contributed by atoms with E-state index in [9.17, 15) is 0 Å². The van der Waals surface area contributed by atoms with Crippen molar-refractivity contribution in [3.8, 4) is 0 Å². The molecule has 7 nitrogen and oxygen atoms in total. The van der Waals surface area contributed by atoms with Crippen molar-refractivity contribution in [2.24, 2.45) is 10.9 Å². The fraction of sp³-hybridized carbons (Fsp3) is 0.857. The average Bonchev–Trinajstić information content (AvgIpc) is 3.30. The van der Waals surface area contributed by atoms with E-state index in [0.717, 1.165) is 49.5 Å². The van der Waals surface area contributed by atoms with Crippen LogP contribution in [0.15, 0.2) is 4.99 Å². The molecule has 2 aliphatic heterocycles. The van der Waals surface area contributed by atoms with Crippen molar-refractivity contribution in [2.75, 3.05) is 26.7 Å². The Bertz CT molecular complexity index is 662. The summed E-state index contributed by atoms with van der Waals surface area (Å²) < 4.78 is 2.05. The topological polar surface area (TPSA) is 70.4 Å². The second kappa shape index (κ2) is 9.25. The van der Waals surface area contributed by atoms with Crippen LogP contribution < -0.4 is 10.6 Å². The van der Waals surface area contributed by atoms with Gasteiger partial charge in [0.2, 0.25) is 0 Å². The van der Waals surface area contributed by atoms with Gasteiger partial charge in [-0.15, -0.1) is 0 Å². The lowest BCUT2D eigenvalue weighted by Crippen LogP contribution is -2.50. The van der Waals surface area contributed by atoms with Gasteiger partial charge in [-0.3, -0.25) is 9.89 Å². The number of aliphatic imine (C=N–C) groups is 1. The van der Waals surface area contributed by atoms with E-state index in [1.54, 1.807) is 0 Å². The van der Waals surface area contributed by atoms with Gasteiger partial charge in [-0.2, -0.15) is 5.10 Å². The summed E-state index contributed by atoms with van der Waals surface area (Å²) in [6.07, 6.45) is 11.9. The zero-order chi connectivity index (χ0) is 19.3. The molecule has 0 spiro atoms. The SMILES string of the molecule is CN=C(NCC1CCCN1CC1CCCCC1)NC1CCc2nc(C)nn2C1. The van der Waals surface area contributed by atoms with Crippen LogP contribution in [-0.4, -0.2) is 64.4 Å². The molecule has 2 unspecified atom stereocenters. The third kappa shape index (κ3) is 4.85. The van der Waals surface area contributed by atoms with Crippen molar-refractivity contribution in [1.29, 1.82) is 0 Å². The molecule has 1 saturated heterocycles. The number of hydrogen-bond acceptors (Lipinski definition) is 4. The molecule has 1 aliphatic carbocycles. The summed E-state index contributed by atoms with van der Waals surface area (Å²) >= 11 is 0. The lowest BCUT2D eigenvalue weighted by molar-refractivity contribution is 0.187. The smallest absolute Gasteiger partial charge is 0.191 e. The molecule has 2 fully saturated rings. The Balaban J connectivity index is 1.24. The summed E-state index contributed by atoms with van der Waals surface area (Å²) in [4.78, 5) is 11.7. The highest BCUT2D eigenvalue weighted by Gasteiger charge is 2.28. The van der Waals surface area contributed by atoms with Crippen molar-refractivity contribution in [1.82, 2.24) is 30.3 Å². The summed E-state index contributed by atoms with van der Waals surface area (Å²) in [5.41, 5.74) is 0. The molecule has 2 N–H and O–H groups in total. The highest BCUT2D eigenvalue weighted by Crippen LogP contribution is 2.27. The van der Waals surface area contributed by atoms with E-state index in [-0.39, 0.29) is 0 Å². The van der Waals surface area contributed by atoms with Gasteiger partial charge in [0.25, 0.3) is 0 Å². The van der Waals surface area contributed by atoms with Gasteiger partial charge < -0.3 is 10.6 Å². The van der Waals surface area contributed by atoms with E-state index < -0.39 is 0 Å². The number of likely N-dealkylation sites (tertiary alicyclic amines) is 1.